The van der Waals surface area contributed by atoms with Crippen molar-refractivity contribution in [1.82, 2.24) is 4.98 Å². The van der Waals surface area contributed by atoms with Crippen LogP contribution in [0.25, 0.3) is 10.9 Å². The third kappa shape index (κ3) is 2.89. The van der Waals surface area contributed by atoms with Crippen LogP contribution >= 0.6 is 0 Å². The summed E-state index contributed by atoms with van der Waals surface area (Å²) in [6.45, 7) is 1.33. The van der Waals surface area contributed by atoms with Crippen LogP contribution in [0.2, 0.25) is 0 Å². The summed E-state index contributed by atoms with van der Waals surface area (Å²) in [7, 11) is -3.87. The van der Waals surface area contributed by atoms with Gasteiger partial charge in [-0.05, 0) is 18.2 Å². The zero-order valence-corrected chi connectivity index (χ0v) is 12.0. The molecule has 1 heterocycles. The highest BCUT2D eigenvalue weighted by Gasteiger charge is 2.31. The van der Waals surface area contributed by atoms with Gasteiger partial charge in [0.05, 0.1) is 16.8 Å². The number of pyridine rings is 1. The van der Waals surface area contributed by atoms with Crippen molar-refractivity contribution in [2.24, 2.45) is 0 Å². The molecule has 0 saturated heterocycles. The number of hydrogen-bond donors (Lipinski definition) is 1. The molecule has 0 aliphatic carbocycles. The number of halogens is 3. The Labute approximate surface area is 123 Å². The molecule has 0 spiro atoms. The number of sulfone groups is 1. The number of rotatable bonds is 3. The van der Waals surface area contributed by atoms with E-state index < -0.39 is 38.1 Å². The van der Waals surface area contributed by atoms with Crippen LogP contribution in [-0.4, -0.2) is 30.2 Å². The fraction of sp³-hybridized carbons (Fsp3) is 0.231. The molecule has 0 amide bonds. The molecule has 0 fully saturated rings. The van der Waals surface area contributed by atoms with Gasteiger partial charge in [-0.2, -0.15) is 13.2 Å². The van der Waals surface area contributed by atoms with E-state index in [0.717, 1.165) is 18.2 Å². The first kappa shape index (κ1) is 16.2. The Bertz CT molecular complexity index is 859. The molecule has 0 radical (unpaired) electrons. The third-order valence-corrected chi connectivity index (χ3v) is 4.77. The maximum absolute atomic E-state index is 12.7. The van der Waals surface area contributed by atoms with E-state index in [0.29, 0.717) is 6.07 Å². The molecule has 0 saturated carbocycles. The van der Waals surface area contributed by atoms with E-state index in [1.54, 1.807) is 0 Å². The maximum Gasteiger partial charge on any atom is 0.416 e. The van der Waals surface area contributed by atoms with E-state index in [2.05, 4.69) is 4.98 Å². The highest BCUT2D eigenvalue weighted by Crippen LogP contribution is 2.32. The lowest BCUT2D eigenvalue weighted by Gasteiger charge is -2.10. The van der Waals surface area contributed by atoms with Crippen LogP contribution in [-0.2, 0) is 16.0 Å². The molecule has 1 aromatic heterocycles. The fourth-order valence-electron chi connectivity index (χ4n) is 1.87. The molecule has 5 nitrogen and oxygen atoms in total. The minimum absolute atomic E-state index is 0.116. The molecule has 1 N–H and O–H groups in total. The van der Waals surface area contributed by atoms with Crippen molar-refractivity contribution in [1.29, 1.82) is 0 Å². The number of fused-ring (bicyclic) bond motifs is 1. The predicted octanol–water partition coefficient (Wildman–Crippen LogP) is 2.75. The van der Waals surface area contributed by atoms with Gasteiger partial charge in [-0.15, -0.1) is 0 Å². The van der Waals surface area contributed by atoms with Crippen molar-refractivity contribution in [3.63, 3.8) is 0 Å². The molecule has 0 aliphatic rings. The summed E-state index contributed by atoms with van der Waals surface area (Å²) in [6.07, 6.45) is -4.60. The number of alkyl halides is 3. The molecule has 2 aromatic rings. The van der Waals surface area contributed by atoms with Gasteiger partial charge in [0, 0.05) is 5.39 Å². The van der Waals surface area contributed by atoms with Crippen LogP contribution < -0.4 is 0 Å². The Morgan fingerprint density at radius 1 is 1.27 bits per heavy atom. The molecule has 22 heavy (non-hydrogen) atoms. The second-order valence-corrected chi connectivity index (χ2v) is 6.70. The maximum atomic E-state index is 12.7. The van der Waals surface area contributed by atoms with E-state index in [1.165, 1.54) is 6.92 Å². The van der Waals surface area contributed by atoms with Crippen LogP contribution in [0.5, 0.6) is 0 Å². The minimum Gasteiger partial charge on any atom is -0.476 e. The smallest absolute Gasteiger partial charge is 0.416 e. The second kappa shape index (κ2) is 5.24. The SMILES string of the molecule is CCS(=O)(=O)c1cc2ccc(C(F)(F)F)cc2nc1C(=O)O. The number of carboxylic acid groups (broad SMARTS) is 1. The predicted molar refractivity (Wildman–Crippen MR) is 71.4 cm³/mol. The first-order chi connectivity index (χ1) is 10.1. The summed E-state index contributed by atoms with van der Waals surface area (Å²) in [5.41, 5.74) is -2.01. The lowest BCUT2D eigenvalue weighted by Crippen LogP contribution is -2.13. The molecule has 0 unspecified atom stereocenters. The third-order valence-electron chi connectivity index (χ3n) is 3.03. The standard InChI is InChI=1S/C13H10F3NO4S/c1-2-22(20,21)10-5-7-3-4-8(13(14,15)16)6-9(7)17-11(10)12(18)19/h3-6H,2H2,1H3,(H,18,19). The van der Waals surface area contributed by atoms with Gasteiger partial charge in [0.2, 0.25) is 0 Å². The van der Waals surface area contributed by atoms with Crippen molar-refractivity contribution in [2.75, 3.05) is 5.75 Å². The average molecular weight is 333 g/mol. The quantitative estimate of drug-likeness (QED) is 0.933. The molecule has 118 valence electrons. The topological polar surface area (TPSA) is 84.3 Å². The average Bonchev–Trinajstić information content (AvgIpc) is 2.44. The summed E-state index contributed by atoms with van der Waals surface area (Å²) in [4.78, 5) is 14.2. The van der Waals surface area contributed by atoms with Crippen molar-refractivity contribution >= 4 is 26.7 Å². The van der Waals surface area contributed by atoms with Crippen molar-refractivity contribution in [3.05, 3.63) is 35.5 Å². The van der Waals surface area contributed by atoms with E-state index in [-0.39, 0.29) is 16.7 Å². The highest BCUT2D eigenvalue weighted by molar-refractivity contribution is 7.91. The molecule has 0 bridgehead atoms. The van der Waals surface area contributed by atoms with E-state index in [4.69, 9.17) is 5.11 Å². The molecular formula is C13H10F3NO4S. The number of benzene rings is 1. The summed E-state index contributed by atoms with van der Waals surface area (Å²) in [5, 5.41) is 9.18. The lowest BCUT2D eigenvalue weighted by atomic mass is 10.1. The normalized spacial score (nSPS) is 12.5. The number of aromatic nitrogens is 1. The van der Waals surface area contributed by atoms with E-state index in [9.17, 15) is 26.4 Å². The molecule has 0 aliphatic heterocycles. The van der Waals surface area contributed by atoms with Crippen molar-refractivity contribution < 1.29 is 31.5 Å². The fourth-order valence-corrected chi connectivity index (χ4v) is 2.91. The molecule has 0 atom stereocenters. The van der Waals surface area contributed by atoms with Crippen LogP contribution in [0, 0.1) is 0 Å². The van der Waals surface area contributed by atoms with Gasteiger partial charge in [-0.25, -0.2) is 18.2 Å². The molecule has 9 heteroatoms. The Hall–Kier alpha value is -2.16. The Kier molecular flexibility index (Phi) is 3.86. The highest BCUT2D eigenvalue weighted by atomic mass is 32.2. The monoisotopic (exact) mass is 333 g/mol. The number of nitrogens with zero attached hydrogens (tertiary/aromatic N) is 1. The minimum atomic E-state index is -4.60. The lowest BCUT2D eigenvalue weighted by molar-refractivity contribution is -0.137. The molecular weight excluding hydrogens is 323 g/mol. The second-order valence-electron chi connectivity index (χ2n) is 4.45. The van der Waals surface area contributed by atoms with Gasteiger partial charge in [-0.1, -0.05) is 13.0 Å². The van der Waals surface area contributed by atoms with E-state index >= 15 is 0 Å². The first-order valence-electron chi connectivity index (χ1n) is 6.04. The van der Waals surface area contributed by atoms with Crippen molar-refractivity contribution in [3.8, 4) is 0 Å². The van der Waals surface area contributed by atoms with Crippen molar-refractivity contribution in [2.45, 2.75) is 18.0 Å². The number of aromatic carboxylic acids is 1. The molecule has 2 rings (SSSR count). The first-order valence-corrected chi connectivity index (χ1v) is 7.69. The summed E-state index contributed by atoms with van der Waals surface area (Å²) in [5.74, 6) is -1.97. The van der Waals surface area contributed by atoms with Gasteiger partial charge in [-0.3, -0.25) is 0 Å². The number of hydrogen-bond acceptors (Lipinski definition) is 4. The zero-order valence-electron chi connectivity index (χ0n) is 11.2. The van der Waals surface area contributed by atoms with Gasteiger partial charge >= 0.3 is 12.1 Å². The van der Waals surface area contributed by atoms with Gasteiger partial charge < -0.3 is 5.11 Å². The number of carboxylic acids is 1. The van der Waals surface area contributed by atoms with Crippen LogP contribution in [0.15, 0.2) is 29.2 Å². The van der Waals surface area contributed by atoms with Crippen LogP contribution in [0.4, 0.5) is 13.2 Å². The van der Waals surface area contributed by atoms with E-state index in [1.807, 2.05) is 0 Å². The van der Waals surface area contributed by atoms with Gasteiger partial charge in [0.25, 0.3) is 0 Å². The van der Waals surface area contributed by atoms with Crippen LogP contribution in [0.1, 0.15) is 23.0 Å². The van der Waals surface area contributed by atoms with Crippen LogP contribution in [0.3, 0.4) is 0 Å². The Balaban J connectivity index is 2.81. The van der Waals surface area contributed by atoms with Gasteiger partial charge in [0.15, 0.2) is 15.5 Å². The Morgan fingerprint density at radius 3 is 2.41 bits per heavy atom. The zero-order chi connectivity index (χ0) is 16.7. The molecule has 1 aromatic carbocycles. The summed E-state index contributed by atoms with van der Waals surface area (Å²) in [6, 6.07) is 3.56. The van der Waals surface area contributed by atoms with Gasteiger partial charge in [0.1, 0.15) is 4.90 Å². The Morgan fingerprint density at radius 2 is 1.91 bits per heavy atom. The largest absolute Gasteiger partial charge is 0.476 e. The summed E-state index contributed by atoms with van der Waals surface area (Å²) < 4.78 is 61.8. The number of carbonyl (C=O) groups is 1. The summed E-state index contributed by atoms with van der Waals surface area (Å²) >= 11 is 0.